The van der Waals surface area contributed by atoms with Crippen LogP contribution in [0.3, 0.4) is 0 Å². The monoisotopic (exact) mass is 212 g/mol. The summed E-state index contributed by atoms with van der Waals surface area (Å²) < 4.78 is 2.09. The molecular formula is C11H17ClN2. The van der Waals surface area contributed by atoms with Crippen LogP contribution >= 0.6 is 11.6 Å². The molecule has 78 valence electrons. The number of hydrogen-bond donors (Lipinski definition) is 0. The van der Waals surface area contributed by atoms with Gasteiger partial charge in [0.2, 0.25) is 0 Å². The maximum Gasteiger partial charge on any atom is 0.155 e. The predicted octanol–water partition coefficient (Wildman–Crippen LogP) is 3.17. The summed E-state index contributed by atoms with van der Waals surface area (Å²) in [5, 5.41) is 5.10. The number of rotatable bonds is 0. The molecule has 0 aliphatic carbocycles. The van der Waals surface area contributed by atoms with E-state index in [4.69, 9.17) is 11.6 Å². The Hall–Kier alpha value is -0.500. The average molecular weight is 213 g/mol. The molecule has 1 aromatic rings. The Balaban J connectivity index is 2.53. The molecule has 0 amide bonds. The molecule has 2 nitrogen and oxygen atoms in total. The van der Waals surface area contributed by atoms with E-state index in [1.807, 2.05) is 0 Å². The van der Waals surface area contributed by atoms with E-state index in [1.165, 1.54) is 24.1 Å². The Morgan fingerprint density at radius 3 is 2.64 bits per heavy atom. The summed E-state index contributed by atoms with van der Waals surface area (Å²) in [6.45, 7) is 7.63. The van der Waals surface area contributed by atoms with Gasteiger partial charge in [0.15, 0.2) is 5.15 Å². The number of fused-ring (bicyclic) bond motifs is 1. The van der Waals surface area contributed by atoms with Crippen LogP contribution < -0.4 is 0 Å². The molecule has 0 spiro atoms. The van der Waals surface area contributed by atoms with E-state index in [1.54, 1.807) is 0 Å². The molecule has 0 saturated carbocycles. The van der Waals surface area contributed by atoms with Crippen LogP contribution in [0.1, 0.15) is 44.9 Å². The minimum atomic E-state index is 0.113. The van der Waals surface area contributed by atoms with Gasteiger partial charge in [-0.15, -0.1) is 0 Å². The standard InChI is InChI=1S/C11H17ClN2/c1-11(2,3)9-8-6-4-5-7-14(8)13-10(9)12/h4-7H2,1-3H3. The molecule has 0 atom stereocenters. The lowest BCUT2D eigenvalue weighted by atomic mass is 9.85. The van der Waals surface area contributed by atoms with E-state index in [0.29, 0.717) is 5.15 Å². The predicted molar refractivity (Wildman–Crippen MR) is 58.9 cm³/mol. The highest BCUT2D eigenvalue weighted by Crippen LogP contribution is 2.34. The molecule has 1 aliphatic rings. The fourth-order valence-corrected chi connectivity index (χ4v) is 2.68. The molecule has 3 heteroatoms. The van der Waals surface area contributed by atoms with Gasteiger partial charge in [-0.1, -0.05) is 32.4 Å². The van der Waals surface area contributed by atoms with Crippen molar-refractivity contribution in [1.82, 2.24) is 9.78 Å². The largest absolute Gasteiger partial charge is 0.268 e. The van der Waals surface area contributed by atoms with Crippen molar-refractivity contribution >= 4 is 11.6 Å². The number of nitrogens with zero attached hydrogens (tertiary/aromatic N) is 2. The van der Waals surface area contributed by atoms with E-state index in [0.717, 1.165) is 13.0 Å². The van der Waals surface area contributed by atoms with E-state index >= 15 is 0 Å². The summed E-state index contributed by atoms with van der Waals surface area (Å²) in [5.41, 5.74) is 2.72. The lowest BCUT2D eigenvalue weighted by Gasteiger charge is -2.22. The third-order valence-electron chi connectivity index (χ3n) is 2.80. The number of halogens is 1. The quantitative estimate of drug-likeness (QED) is 0.646. The third kappa shape index (κ3) is 1.56. The van der Waals surface area contributed by atoms with Crippen LogP contribution in [0.4, 0.5) is 0 Å². The Bertz CT molecular complexity index is 347. The molecule has 2 heterocycles. The van der Waals surface area contributed by atoms with Gasteiger partial charge in [0, 0.05) is 17.8 Å². The Labute approximate surface area is 90.3 Å². The van der Waals surface area contributed by atoms with Crippen molar-refractivity contribution in [2.75, 3.05) is 0 Å². The van der Waals surface area contributed by atoms with Crippen LogP contribution in [0.5, 0.6) is 0 Å². The van der Waals surface area contributed by atoms with Gasteiger partial charge in [-0.2, -0.15) is 5.10 Å². The minimum absolute atomic E-state index is 0.113. The van der Waals surface area contributed by atoms with Gasteiger partial charge in [-0.05, 0) is 24.7 Å². The first-order valence-corrected chi connectivity index (χ1v) is 5.63. The van der Waals surface area contributed by atoms with Gasteiger partial charge in [0.1, 0.15) is 0 Å². The van der Waals surface area contributed by atoms with Crippen molar-refractivity contribution in [2.24, 2.45) is 0 Å². The van der Waals surface area contributed by atoms with Crippen molar-refractivity contribution < 1.29 is 0 Å². The third-order valence-corrected chi connectivity index (χ3v) is 3.06. The second kappa shape index (κ2) is 3.27. The highest BCUT2D eigenvalue weighted by Gasteiger charge is 2.27. The Morgan fingerprint density at radius 1 is 1.29 bits per heavy atom. The summed E-state index contributed by atoms with van der Waals surface area (Å²) in [5.74, 6) is 0. The van der Waals surface area contributed by atoms with Crippen LogP contribution in [0.25, 0.3) is 0 Å². The van der Waals surface area contributed by atoms with Crippen LogP contribution in [0.15, 0.2) is 0 Å². The van der Waals surface area contributed by atoms with Gasteiger partial charge < -0.3 is 0 Å². The summed E-state index contributed by atoms with van der Waals surface area (Å²) in [7, 11) is 0. The molecule has 2 rings (SSSR count). The van der Waals surface area contributed by atoms with E-state index in [2.05, 4.69) is 30.6 Å². The number of aryl methyl sites for hydroxylation is 1. The van der Waals surface area contributed by atoms with Crippen molar-refractivity contribution in [2.45, 2.75) is 52.0 Å². The summed E-state index contributed by atoms with van der Waals surface area (Å²) in [6.07, 6.45) is 3.63. The first kappa shape index (κ1) is 10.0. The zero-order chi connectivity index (χ0) is 10.3. The van der Waals surface area contributed by atoms with Gasteiger partial charge in [-0.25, -0.2) is 0 Å². The van der Waals surface area contributed by atoms with Crippen molar-refractivity contribution in [3.63, 3.8) is 0 Å². The molecule has 1 aliphatic heterocycles. The smallest absolute Gasteiger partial charge is 0.155 e. The van der Waals surface area contributed by atoms with Gasteiger partial charge in [0.25, 0.3) is 0 Å². The molecule has 0 N–H and O–H groups in total. The normalized spacial score (nSPS) is 16.9. The highest BCUT2D eigenvalue weighted by atomic mass is 35.5. The van der Waals surface area contributed by atoms with Crippen LogP contribution in [0, 0.1) is 0 Å². The van der Waals surface area contributed by atoms with Crippen molar-refractivity contribution in [3.8, 4) is 0 Å². The molecule has 14 heavy (non-hydrogen) atoms. The second-order valence-electron chi connectivity index (χ2n) is 5.04. The molecule has 0 fully saturated rings. The fourth-order valence-electron chi connectivity index (χ4n) is 2.20. The molecule has 0 radical (unpaired) electrons. The van der Waals surface area contributed by atoms with Crippen LogP contribution in [-0.4, -0.2) is 9.78 Å². The maximum absolute atomic E-state index is 6.19. The SMILES string of the molecule is CC(C)(C)c1c(Cl)nn2c1CCCC2. The van der Waals surface area contributed by atoms with Gasteiger partial charge in [-0.3, -0.25) is 4.68 Å². The summed E-state index contributed by atoms with van der Waals surface area (Å²) >= 11 is 6.19. The lowest BCUT2D eigenvalue weighted by Crippen LogP contribution is -2.18. The van der Waals surface area contributed by atoms with Crippen LogP contribution in [-0.2, 0) is 18.4 Å². The van der Waals surface area contributed by atoms with Gasteiger partial charge in [0.05, 0.1) is 0 Å². The second-order valence-corrected chi connectivity index (χ2v) is 5.40. The molecule has 1 aromatic heterocycles. The molecule has 0 aromatic carbocycles. The first-order chi connectivity index (χ1) is 6.50. The molecule has 0 unspecified atom stereocenters. The topological polar surface area (TPSA) is 17.8 Å². The number of hydrogen-bond acceptors (Lipinski definition) is 1. The van der Waals surface area contributed by atoms with Crippen molar-refractivity contribution in [1.29, 1.82) is 0 Å². The maximum atomic E-state index is 6.19. The molecular weight excluding hydrogens is 196 g/mol. The molecule has 0 bridgehead atoms. The van der Waals surface area contributed by atoms with E-state index in [-0.39, 0.29) is 5.41 Å². The van der Waals surface area contributed by atoms with E-state index < -0.39 is 0 Å². The lowest BCUT2D eigenvalue weighted by molar-refractivity contribution is 0.475. The Kier molecular flexibility index (Phi) is 2.34. The first-order valence-electron chi connectivity index (χ1n) is 5.26. The number of aromatic nitrogens is 2. The van der Waals surface area contributed by atoms with Crippen molar-refractivity contribution in [3.05, 3.63) is 16.4 Å². The molecule has 0 saturated heterocycles. The highest BCUT2D eigenvalue weighted by molar-refractivity contribution is 6.30. The fraction of sp³-hybridized carbons (Fsp3) is 0.727. The zero-order valence-corrected chi connectivity index (χ0v) is 9.86. The minimum Gasteiger partial charge on any atom is -0.268 e. The zero-order valence-electron chi connectivity index (χ0n) is 9.10. The Morgan fingerprint density at radius 2 is 2.00 bits per heavy atom. The van der Waals surface area contributed by atoms with E-state index in [9.17, 15) is 0 Å². The van der Waals surface area contributed by atoms with Crippen LogP contribution in [0.2, 0.25) is 5.15 Å². The summed E-state index contributed by atoms with van der Waals surface area (Å²) in [4.78, 5) is 0. The average Bonchev–Trinajstić information content (AvgIpc) is 2.38. The van der Waals surface area contributed by atoms with Gasteiger partial charge >= 0.3 is 0 Å². The summed E-state index contributed by atoms with van der Waals surface area (Å²) in [6, 6.07) is 0.